The molecule has 1 aliphatic rings. The van der Waals surface area contributed by atoms with Crippen LogP contribution in [0.4, 0.5) is 18.9 Å². The van der Waals surface area contributed by atoms with Crippen LogP contribution in [-0.4, -0.2) is 11.2 Å². The van der Waals surface area contributed by atoms with Crippen molar-refractivity contribution in [1.29, 1.82) is 0 Å². The first-order valence-corrected chi connectivity index (χ1v) is 5.97. The standard InChI is InChI=1S/C14H14F3N3/c1-10-3-2-6-20(19-8-10)9-11-4-5-12(18)7-13(11)14(15,16)17/h2-8H,9,18H2,1H3. The molecule has 0 fully saturated rings. The van der Waals surface area contributed by atoms with Gasteiger partial charge in [0.1, 0.15) is 0 Å². The number of hydrazone groups is 1. The lowest BCUT2D eigenvalue weighted by Gasteiger charge is -2.18. The highest BCUT2D eigenvalue weighted by molar-refractivity contribution is 5.78. The number of allylic oxidation sites excluding steroid dienone is 3. The molecule has 3 nitrogen and oxygen atoms in total. The van der Waals surface area contributed by atoms with Crippen LogP contribution in [0, 0.1) is 0 Å². The Morgan fingerprint density at radius 2 is 2.05 bits per heavy atom. The van der Waals surface area contributed by atoms with E-state index in [-0.39, 0.29) is 17.8 Å². The van der Waals surface area contributed by atoms with E-state index in [1.54, 1.807) is 18.5 Å². The van der Waals surface area contributed by atoms with Gasteiger partial charge in [0.25, 0.3) is 0 Å². The lowest BCUT2D eigenvalue weighted by Crippen LogP contribution is -2.16. The fraction of sp³-hybridized carbons (Fsp3) is 0.214. The molecule has 106 valence electrons. The molecule has 0 unspecified atom stereocenters. The second-order valence-electron chi connectivity index (χ2n) is 4.51. The summed E-state index contributed by atoms with van der Waals surface area (Å²) in [5, 5.41) is 5.55. The van der Waals surface area contributed by atoms with Gasteiger partial charge in [-0.15, -0.1) is 0 Å². The van der Waals surface area contributed by atoms with Gasteiger partial charge in [-0.1, -0.05) is 12.1 Å². The Labute approximate surface area is 114 Å². The maximum Gasteiger partial charge on any atom is 0.416 e. The van der Waals surface area contributed by atoms with E-state index in [0.29, 0.717) is 0 Å². The van der Waals surface area contributed by atoms with E-state index in [1.807, 2.05) is 13.0 Å². The van der Waals surface area contributed by atoms with Gasteiger partial charge in [0.15, 0.2) is 0 Å². The Kier molecular flexibility index (Phi) is 3.83. The molecule has 0 spiro atoms. The van der Waals surface area contributed by atoms with Gasteiger partial charge < -0.3 is 5.73 Å². The van der Waals surface area contributed by atoms with E-state index in [1.165, 1.54) is 17.1 Å². The van der Waals surface area contributed by atoms with Gasteiger partial charge in [-0.2, -0.15) is 18.3 Å². The molecule has 0 saturated carbocycles. The molecule has 1 aliphatic heterocycles. The van der Waals surface area contributed by atoms with Crippen LogP contribution in [-0.2, 0) is 12.7 Å². The minimum Gasteiger partial charge on any atom is -0.399 e. The minimum atomic E-state index is -4.43. The van der Waals surface area contributed by atoms with Crippen molar-refractivity contribution in [2.45, 2.75) is 19.6 Å². The van der Waals surface area contributed by atoms with Gasteiger partial charge >= 0.3 is 6.18 Å². The fourth-order valence-electron chi connectivity index (χ4n) is 1.80. The lowest BCUT2D eigenvalue weighted by atomic mass is 10.1. The number of alkyl halides is 3. The second-order valence-corrected chi connectivity index (χ2v) is 4.51. The molecule has 1 aromatic rings. The predicted molar refractivity (Wildman–Crippen MR) is 72.8 cm³/mol. The van der Waals surface area contributed by atoms with Crippen molar-refractivity contribution < 1.29 is 13.2 Å². The molecule has 0 radical (unpaired) electrons. The SMILES string of the molecule is CC1=CC=CN(Cc2ccc(N)cc2C(F)(F)F)N=C1. The summed E-state index contributed by atoms with van der Waals surface area (Å²) < 4.78 is 39.0. The Balaban J connectivity index is 2.28. The largest absolute Gasteiger partial charge is 0.416 e. The fourth-order valence-corrected chi connectivity index (χ4v) is 1.80. The zero-order chi connectivity index (χ0) is 14.8. The smallest absolute Gasteiger partial charge is 0.399 e. The summed E-state index contributed by atoms with van der Waals surface area (Å²) in [5.41, 5.74) is 5.86. The first-order valence-electron chi connectivity index (χ1n) is 5.97. The number of rotatable bonds is 2. The molecular weight excluding hydrogens is 267 g/mol. The topological polar surface area (TPSA) is 41.6 Å². The summed E-state index contributed by atoms with van der Waals surface area (Å²) in [7, 11) is 0. The predicted octanol–water partition coefficient (Wildman–Crippen LogP) is 3.55. The molecule has 0 atom stereocenters. The Hall–Kier alpha value is -2.24. The van der Waals surface area contributed by atoms with E-state index in [9.17, 15) is 13.2 Å². The highest BCUT2D eigenvalue weighted by Crippen LogP contribution is 2.34. The number of nitrogen functional groups attached to an aromatic ring is 1. The maximum absolute atomic E-state index is 13.0. The molecule has 0 aromatic heterocycles. The van der Waals surface area contributed by atoms with Crippen LogP contribution < -0.4 is 5.73 Å². The number of nitrogens with two attached hydrogens (primary N) is 1. The molecule has 0 aliphatic carbocycles. The van der Waals surface area contributed by atoms with E-state index in [2.05, 4.69) is 5.10 Å². The molecule has 0 bridgehead atoms. The van der Waals surface area contributed by atoms with E-state index >= 15 is 0 Å². The third-order valence-electron chi connectivity index (χ3n) is 2.80. The van der Waals surface area contributed by atoms with Crippen molar-refractivity contribution in [3.8, 4) is 0 Å². The number of hydrogen-bond acceptors (Lipinski definition) is 3. The maximum atomic E-state index is 13.0. The molecule has 1 aromatic carbocycles. The number of nitrogens with zero attached hydrogens (tertiary/aromatic N) is 2. The molecule has 20 heavy (non-hydrogen) atoms. The van der Waals surface area contributed by atoms with Crippen LogP contribution in [0.1, 0.15) is 18.1 Å². The van der Waals surface area contributed by atoms with Crippen molar-refractivity contribution in [3.05, 3.63) is 53.3 Å². The van der Waals surface area contributed by atoms with Crippen LogP contribution in [0.15, 0.2) is 47.2 Å². The Bertz CT molecular complexity index is 586. The van der Waals surface area contributed by atoms with Crippen LogP contribution >= 0.6 is 0 Å². The van der Waals surface area contributed by atoms with E-state index in [4.69, 9.17) is 5.73 Å². The van der Waals surface area contributed by atoms with Gasteiger partial charge in [0.2, 0.25) is 0 Å². The quantitative estimate of drug-likeness (QED) is 0.842. The highest BCUT2D eigenvalue weighted by Gasteiger charge is 2.33. The minimum absolute atomic E-state index is 0.0310. The van der Waals surface area contributed by atoms with Gasteiger partial charge in [-0.05, 0) is 36.3 Å². The Morgan fingerprint density at radius 3 is 2.75 bits per heavy atom. The second kappa shape index (κ2) is 5.40. The van der Waals surface area contributed by atoms with E-state index in [0.717, 1.165) is 11.6 Å². The summed E-state index contributed by atoms with van der Waals surface area (Å²) in [6.07, 6.45) is 2.37. The van der Waals surface area contributed by atoms with Crippen LogP contribution in [0.2, 0.25) is 0 Å². The Morgan fingerprint density at radius 1 is 1.30 bits per heavy atom. The van der Waals surface area contributed by atoms with Crippen LogP contribution in [0.5, 0.6) is 0 Å². The lowest BCUT2D eigenvalue weighted by molar-refractivity contribution is -0.138. The van der Waals surface area contributed by atoms with Crippen molar-refractivity contribution in [2.75, 3.05) is 5.73 Å². The summed E-state index contributed by atoms with van der Waals surface area (Å²) in [4.78, 5) is 0. The molecular formula is C14H14F3N3. The van der Waals surface area contributed by atoms with Gasteiger partial charge in [-0.25, -0.2) is 0 Å². The summed E-state index contributed by atoms with van der Waals surface area (Å²) in [5.74, 6) is 0. The zero-order valence-corrected chi connectivity index (χ0v) is 10.9. The molecule has 0 amide bonds. The number of anilines is 1. The monoisotopic (exact) mass is 281 g/mol. The average molecular weight is 281 g/mol. The number of benzene rings is 1. The van der Waals surface area contributed by atoms with Crippen LogP contribution in [0.3, 0.4) is 0 Å². The molecule has 2 rings (SSSR count). The van der Waals surface area contributed by atoms with Crippen LogP contribution in [0.25, 0.3) is 0 Å². The van der Waals surface area contributed by atoms with Gasteiger partial charge in [0, 0.05) is 11.9 Å². The number of halogens is 3. The van der Waals surface area contributed by atoms with Crippen molar-refractivity contribution in [1.82, 2.24) is 5.01 Å². The first-order chi connectivity index (χ1) is 9.36. The first kappa shape index (κ1) is 14.2. The van der Waals surface area contributed by atoms with Crippen molar-refractivity contribution in [2.24, 2.45) is 5.10 Å². The van der Waals surface area contributed by atoms with Gasteiger partial charge in [-0.3, -0.25) is 5.01 Å². The third-order valence-corrected chi connectivity index (χ3v) is 2.80. The van der Waals surface area contributed by atoms with Crippen molar-refractivity contribution in [3.63, 3.8) is 0 Å². The zero-order valence-electron chi connectivity index (χ0n) is 10.9. The summed E-state index contributed by atoms with van der Waals surface area (Å²) >= 11 is 0. The molecule has 2 N–H and O–H groups in total. The van der Waals surface area contributed by atoms with E-state index < -0.39 is 11.7 Å². The molecule has 1 heterocycles. The van der Waals surface area contributed by atoms with Crippen molar-refractivity contribution >= 4 is 11.9 Å². The summed E-state index contributed by atoms with van der Waals surface area (Å²) in [6, 6.07) is 3.79. The molecule has 0 saturated heterocycles. The number of hydrogen-bond donors (Lipinski definition) is 1. The third kappa shape index (κ3) is 3.40. The average Bonchev–Trinajstić information content (AvgIpc) is 2.55. The normalized spacial score (nSPS) is 15.2. The highest BCUT2D eigenvalue weighted by atomic mass is 19.4. The summed E-state index contributed by atoms with van der Waals surface area (Å²) in [6.45, 7) is 1.89. The molecule has 6 heteroatoms. The van der Waals surface area contributed by atoms with Gasteiger partial charge in [0.05, 0.1) is 18.3 Å².